The summed E-state index contributed by atoms with van der Waals surface area (Å²) in [4.78, 5) is 6.45. The van der Waals surface area contributed by atoms with Gasteiger partial charge in [0.05, 0.1) is 17.8 Å². The third kappa shape index (κ3) is 3.20. The minimum Gasteiger partial charge on any atom is -0.340 e. The summed E-state index contributed by atoms with van der Waals surface area (Å²) in [5, 5.41) is 19.9. The number of nitriles is 1. The fourth-order valence-electron chi connectivity index (χ4n) is 1.77. The molecule has 0 amide bonds. The van der Waals surface area contributed by atoms with Gasteiger partial charge in [0.2, 0.25) is 5.95 Å². The van der Waals surface area contributed by atoms with Crippen LogP contribution in [0.15, 0.2) is 30.5 Å². The summed E-state index contributed by atoms with van der Waals surface area (Å²) in [6, 6.07) is 9.25. The predicted molar refractivity (Wildman–Crippen MR) is 77.8 cm³/mol. The van der Waals surface area contributed by atoms with Crippen LogP contribution >= 0.6 is 0 Å². The van der Waals surface area contributed by atoms with Crippen LogP contribution in [0.2, 0.25) is 0 Å². The van der Waals surface area contributed by atoms with E-state index in [9.17, 15) is 0 Å². The van der Waals surface area contributed by atoms with Crippen LogP contribution in [0.1, 0.15) is 19.4 Å². The molecule has 20 heavy (non-hydrogen) atoms. The van der Waals surface area contributed by atoms with Gasteiger partial charge in [-0.05, 0) is 38.1 Å². The van der Waals surface area contributed by atoms with Gasteiger partial charge >= 0.3 is 0 Å². The van der Waals surface area contributed by atoms with Crippen molar-refractivity contribution in [3.8, 4) is 6.07 Å². The van der Waals surface area contributed by atoms with Gasteiger partial charge in [0.15, 0.2) is 5.82 Å². The number of nitrogens with one attached hydrogen (secondary N) is 1. The minimum absolute atomic E-state index is 0.605. The van der Waals surface area contributed by atoms with Crippen molar-refractivity contribution in [2.45, 2.75) is 13.8 Å². The van der Waals surface area contributed by atoms with Crippen molar-refractivity contribution in [2.75, 3.05) is 23.3 Å². The van der Waals surface area contributed by atoms with E-state index < -0.39 is 0 Å². The van der Waals surface area contributed by atoms with E-state index in [0.29, 0.717) is 17.3 Å². The van der Waals surface area contributed by atoms with E-state index in [2.05, 4.69) is 26.6 Å². The van der Waals surface area contributed by atoms with Crippen molar-refractivity contribution in [3.63, 3.8) is 0 Å². The van der Waals surface area contributed by atoms with Crippen LogP contribution in [-0.2, 0) is 0 Å². The first-order valence-corrected chi connectivity index (χ1v) is 6.48. The molecule has 0 saturated heterocycles. The van der Waals surface area contributed by atoms with Crippen molar-refractivity contribution in [1.29, 1.82) is 5.26 Å². The number of benzene rings is 1. The highest BCUT2D eigenvalue weighted by molar-refractivity contribution is 5.57. The minimum atomic E-state index is 0.605. The Hall–Kier alpha value is -2.68. The molecular weight excluding hydrogens is 252 g/mol. The van der Waals surface area contributed by atoms with Crippen molar-refractivity contribution in [2.24, 2.45) is 0 Å². The maximum absolute atomic E-state index is 8.76. The number of hydrogen-bond acceptors (Lipinski definition) is 6. The van der Waals surface area contributed by atoms with Crippen LogP contribution in [0.25, 0.3) is 0 Å². The Morgan fingerprint density at radius 2 is 1.90 bits per heavy atom. The molecule has 6 heteroatoms. The van der Waals surface area contributed by atoms with Gasteiger partial charge in [-0.3, -0.25) is 0 Å². The zero-order valence-corrected chi connectivity index (χ0v) is 11.5. The summed E-state index contributed by atoms with van der Waals surface area (Å²) < 4.78 is 0. The zero-order valence-electron chi connectivity index (χ0n) is 11.5. The molecule has 2 rings (SSSR count). The summed E-state index contributed by atoms with van der Waals surface area (Å²) in [5.74, 6) is 1.24. The molecule has 1 heterocycles. The van der Waals surface area contributed by atoms with E-state index in [4.69, 9.17) is 5.26 Å². The normalized spacial score (nSPS) is 9.85. The fourth-order valence-corrected chi connectivity index (χ4v) is 1.77. The summed E-state index contributed by atoms with van der Waals surface area (Å²) in [5.41, 5.74) is 1.48. The number of anilines is 3. The molecule has 0 aliphatic heterocycles. The van der Waals surface area contributed by atoms with E-state index in [1.165, 1.54) is 0 Å². The second-order valence-corrected chi connectivity index (χ2v) is 4.13. The first-order chi connectivity index (χ1) is 9.76. The largest absolute Gasteiger partial charge is 0.340 e. The highest BCUT2D eigenvalue weighted by Gasteiger charge is 2.07. The van der Waals surface area contributed by atoms with Crippen LogP contribution < -0.4 is 10.2 Å². The maximum Gasteiger partial charge on any atom is 0.247 e. The number of hydrogen-bond donors (Lipinski definition) is 1. The van der Waals surface area contributed by atoms with Gasteiger partial charge in [-0.25, -0.2) is 0 Å². The monoisotopic (exact) mass is 268 g/mol. The van der Waals surface area contributed by atoms with E-state index in [1.807, 2.05) is 30.9 Å². The number of rotatable bonds is 5. The molecule has 0 fully saturated rings. The lowest BCUT2D eigenvalue weighted by Gasteiger charge is -2.18. The van der Waals surface area contributed by atoms with Gasteiger partial charge in [-0.2, -0.15) is 15.3 Å². The molecule has 0 bridgehead atoms. The predicted octanol–water partition coefficient (Wildman–Crippen LogP) is 2.33. The molecule has 2 aromatic rings. The molecule has 0 saturated carbocycles. The van der Waals surface area contributed by atoms with Crippen LogP contribution in [-0.4, -0.2) is 28.3 Å². The topological polar surface area (TPSA) is 77.7 Å². The summed E-state index contributed by atoms with van der Waals surface area (Å²) in [6.45, 7) is 5.76. The molecule has 0 spiro atoms. The van der Waals surface area contributed by atoms with Crippen LogP contribution in [0, 0.1) is 11.3 Å². The van der Waals surface area contributed by atoms with E-state index in [1.54, 1.807) is 18.3 Å². The lowest BCUT2D eigenvalue weighted by Crippen LogP contribution is -2.24. The Morgan fingerprint density at radius 1 is 1.20 bits per heavy atom. The average Bonchev–Trinajstić information content (AvgIpc) is 2.50. The van der Waals surface area contributed by atoms with Gasteiger partial charge in [0, 0.05) is 18.8 Å². The second kappa shape index (κ2) is 6.48. The molecule has 1 aromatic carbocycles. The fraction of sp³-hybridized carbons (Fsp3) is 0.286. The summed E-state index contributed by atoms with van der Waals surface area (Å²) >= 11 is 0. The van der Waals surface area contributed by atoms with Crippen molar-refractivity contribution < 1.29 is 0 Å². The Kier molecular flexibility index (Phi) is 4.45. The summed E-state index contributed by atoms with van der Waals surface area (Å²) in [7, 11) is 0. The number of aromatic nitrogens is 3. The van der Waals surface area contributed by atoms with Gasteiger partial charge in [0.25, 0.3) is 0 Å². The van der Waals surface area contributed by atoms with E-state index in [0.717, 1.165) is 18.8 Å². The maximum atomic E-state index is 8.76. The van der Waals surface area contributed by atoms with Crippen molar-refractivity contribution in [1.82, 2.24) is 15.2 Å². The van der Waals surface area contributed by atoms with Gasteiger partial charge in [0.1, 0.15) is 0 Å². The van der Waals surface area contributed by atoms with Gasteiger partial charge in [-0.1, -0.05) is 0 Å². The molecule has 6 nitrogen and oxygen atoms in total. The first-order valence-electron chi connectivity index (χ1n) is 6.48. The van der Waals surface area contributed by atoms with Crippen molar-refractivity contribution >= 4 is 17.5 Å². The molecule has 0 aliphatic rings. The molecular formula is C14H16N6. The zero-order chi connectivity index (χ0) is 14.4. The smallest absolute Gasteiger partial charge is 0.247 e. The average molecular weight is 268 g/mol. The molecule has 102 valence electrons. The first kappa shape index (κ1) is 13.7. The van der Waals surface area contributed by atoms with Crippen LogP contribution in [0.4, 0.5) is 17.5 Å². The van der Waals surface area contributed by atoms with E-state index >= 15 is 0 Å². The summed E-state index contributed by atoms with van der Waals surface area (Å²) in [6.07, 6.45) is 1.57. The molecule has 0 atom stereocenters. The Balaban J connectivity index is 2.16. The van der Waals surface area contributed by atoms with Gasteiger partial charge in [-0.15, -0.1) is 5.10 Å². The molecule has 0 unspecified atom stereocenters. The van der Waals surface area contributed by atoms with Gasteiger partial charge < -0.3 is 10.2 Å². The van der Waals surface area contributed by atoms with Crippen LogP contribution in [0.3, 0.4) is 0 Å². The number of nitrogens with zero attached hydrogens (tertiary/aromatic N) is 5. The lowest BCUT2D eigenvalue weighted by atomic mass is 10.2. The molecule has 1 aromatic heterocycles. The molecule has 1 N–H and O–H groups in total. The SMILES string of the molecule is CCN(CC)c1nncc(Nc2ccc(C#N)cc2)n1. The van der Waals surface area contributed by atoms with Crippen molar-refractivity contribution in [3.05, 3.63) is 36.0 Å². The second-order valence-electron chi connectivity index (χ2n) is 4.13. The van der Waals surface area contributed by atoms with E-state index in [-0.39, 0.29) is 0 Å². The van der Waals surface area contributed by atoms with Crippen LogP contribution in [0.5, 0.6) is 0 Å². The Labute approximate surface area is 118 Å². The highest BCUT2D eigenvalue weighted by Crippen LogP contribution is 2.16. The molecule has 0 aliphatic carbocycles. The quantitative estimate of drug-likeness (QED) is 0.896. The lowest BCUT2D eigenvalue weighted by molar-refractivity contribution is 0.796. The third-order valence-electron chi connectivity index (χ3n) is 2.88. The Bertz CT molecular complexity index is 598. The third-order valence-corrected chi connectivity index (χ3v) is 2.88. The molecule has 0 radical (unpaired) electrons. The highest BCUT2D eigenvalue weighted by atomic mass is 15.3. The Morgan fingerprint density at radius 3 is 2.50 bits per heavy atom. The standard InChI is InChI=1S/C14H16N6/c1-3-20(4-2)14-18-13(10-16-19-14)17-12-7-5-11(9-15)6-8-12/h5-8,10H,3-4H2,1-2H3,(H,17,18,19).